The van der Waals surface area contributed by atoms with Crippen molar-refractivity contribution in [1.82, 2.24) is 4.98 Å². The average Bonchev–Trinajstić information content (AvgIpc) is 2.38. The number of thioether (sulfide) groups is 1. The average molecular weight is 230 g/mol. The highest BCUT2D eigenvalue weighted by Gasteiger charge is 2.01. The molecule has 0 saturated heterocycles. The molecular weight excluding hydrogens is 216 g/mol. The number of nitrogens with zero attached hydrogens (tertiary/aromatic N) is 1. The lowest BCUT2D eigenvalue weighted by atomic mass is 10.2. The van der Waals surface area contributed by atoms with Crippen LogP contribution in [0.15, 0.2) is 53.6 Å². The number of anilines is 1. The van der Waals surface area contributed by atoms with Crippen molar-refractivity contribution in [2.75, 3.05) is 12.4 Å². The normalized spacial score (nSPS) is 10.1. The number of pyridine rings is 1. The standard InChI is InChI=1S/C13H14N2S/c1-14-13-12(8-5-9-15-13)16-10-11-6-3-2-4-7-11/h2-9H,10H2,1H3,(H,14,15). The van der Waals surface area contributed by atoms with Crippen molar-refractivity contribution in [3.05, 3.63) is 54.2 Å². The maximum atomic E-state index is 4.28. The van der Waals surface area contributed by atoms with Crippen LogP contribution in [-0.4, -0.2) is 12.0 Å². The van der Waals surface area contributed by atoms with Gasteiger partial charge < -0.3 is 5.32 Å². The number of nitrogens with one attached hydrogen (secondary N) is 1. The van der Waals surface area contributed by atoms with E-state index in [2.05, 4.69) is 40.6 Å². The Balaban J connectivity index is 2.05. The third-order valence-corrected chi connectivity index (χ3v) is 3.36. The van der Waals surface area contributed by atoms with E-state index in [1.165, 1.54) is 10.5 Å². The molecule has 82 valence electrons. The largest absolute Gasteiger partial charge is 0.372 e. The van der Waals surface area contributed by atoms with E-state index in [4.69, 9.17) is 0 Å². The molecule has 1 N–H and O–H groups in total. The van der Waals surface area contributed by atoms with Gasteiger partial charge in [-0.15, -0.1) is 11.8 Å². The van der Waals surface area contributed by atoms with Crippen LogP contribution < -0.4 is 5.32 Å². The summed E-state index contributed by atoms with van der Waals surface area (Å²) in [6.45, 7) is 0. The second kappa shape index (κ2) is 5.56. The lowest BCUT2D eigenvalue weighted by molar-refractivity contribution is 1.21. The van der Waals surface area contributed by atoms with Crippen molar-refractivity contribution >= 4 is 17.6 Å². The van der Waals surface area contributed by atoms with Gasteiger partial charge in [0.2, 0.25) is 0 Å². The minimum atomic E-state index is 0.948. The van der Waals surface area contributed by atoms with Crippen molar-refractivity contribution in [2.24, 2.45) is 0 Å². The van der Waals surface area contributed by atoms with E-state index in [1.54, 1.807) is 18.0 Å². The summed E-state index contributed by atoms with van der Waals surface area (Å²) in [4.78, 5) is 5.47. The number of hydrogen-bond donors (Lipinski definition) is 1. The molecule has 0 radical (unpaired) electrons. The van der Waals surface area contributed by atoms with Crippen LogP contribution in [0, 0.1) is 0 Å². The second-order valence-corrected chi connectivity index (χ2v) is 4.39. The Hall–Kier alpha value is -1.48. The summed E-state index contributed by atoms with van der Waals surface area (Å²) in [7, 11) is 1.90. The Morgan fingerprint density at radius 1 is 1.12 bits per heavy atom. The summed E-state index contributed by atoms with van der Waals surface area (Å²) in [6, 6.07) is 14.5. The van der Waals surface area contributed by atoms with E-state index < -0.39 is 0 Å². The third kappa shape index (κ3) is 2.76. The molecule has 0 saturated carbocycles. The number of hydrogen-bond acceptors (Lipinski definition) is 3. The summed E-state index contributed by atoms with van der Waals surface area (Å²) in [5, 5.41) is 3.10. The first-order chi connectivity index (χ1) is 7.90. The van der Waals surface area contributed by atoms with Crippen LogP contribution >= 0.6 is 11.8 Å². The Bertz CT molecular complexity index is 443. The minimum Gasteiger partial charge on any atom is -0.372 e. The lowest BCUT2D eigenvalue weighted by Crippen LogP contribution is -1.93. The molecule has 0 spiro atoms. The Labute approximate surface area is 100 Å². The third-order valence-electron chi connectivity index (χ3n) is 2.24. The second-order valence-electron chi connectivity index (χ2n) is 3.37. The maximum Gasteiger partial charge on any atom is 0.139 e. The van der Waals surface area contributed by atoms with Gasteiger partial charge in [0, 0.05) is 19.0 Å². The molecule has 0 aliphatic heterocycles. The molecule has 2 rings (SSSR count). The molecule has 1 aromatic carbocycles. The number of benzene rings is 1. The summed E-state index contributed by atoms with van der Waals surface area (Å²) < 4.78 is 0. The van der Waals surface area contributed by atoms with Crippen LogP contribution in [0.1, 0.15) is 5.56 Å². The minimum absolute atomic E-state index is 0.948. The molecule has 1 heterocycles. The molecule has 0 unspecified atom stereocenters. The van der Waals surface area contributed by atoms with Crippen LogP contribution in [0.4, 0.5) is 5.82 Å². The molecule has 1 aromatic heterocycles. The van der Waals surface area contributed by atoms with Gasteiger partial charge in [-0.25, -0.2) is 4.98 Å². The molecule has 0 aliphatic carbocycles. The highest BCUT2D eigenvalue weighted by atomic mass is 32.2. The first-order valence-electron chi connectivity index (χ1n) is 5.19. The van der Waals surface area contributed by atoms with E-state index in [0.717, 1.165) is 11.6 Å². The summed E-state index contributed by atoms with van der Waals surface area (Å²) in [6.07, 6.45) is 1.80. The first kappa shape index (κ1) is 11.0. The first-order valence-corrected chi connectivity index (χ1v) is 6.18. The van der Waals surface area contributed by atoms with Crippen molar-refractivity contribution < 1.29 is 0 Å². The van der Waals surface area contributed by atoms with Crippen LogP contribution in [0.2, 0.25) is 0 Å². The van der Waals surface area contributed by atoms with Crippen molar-refractivity contribution in [2.45, 2.75) is 10.6 Å². The van der Waals surface area contributed by atoms with E-state index in [0.29, 0.717) is 0 Å². The van der Waals surface area contributed by atoms with Crippen molar-refractivity contribution in [3.63, 3.8) is 0 Å². The fourth-order valence-corrected chi connectivity index (χ4v) is 2.41. The summed E-state index contributed by atoms with van der Waals surface area (Å²) >= 11 is 1.80. The van der Waals surface area contributed by atoms with Gasteiger partial charge in [-0.3, -0.25) is 0 Å². The van der Waals surface area contributed by atoms with Gasteiger partial charge in [0.25, 0.3) is 0 Å². The molecule has 0 bridgehead atoms. The lowest BCUT2D eigenvalue weighted by Gasteiger charge is -2.06. The Morgan fingerprint density at radius 3 is 2.69 bits per heavy atom. The van der Waals surface area contributed by atoms with Gasteiger partial charge in [-0.1, -0.05) is 30.3 Å². The molecule has 2 aromatic rings. The smallest absolute Gasteiger partial charge is 0.139 e. The van der Waals surface area contributed by atoms with Crippen LogP contribution in [0.3, 0.4) is 0 Å². The van der Waals surface area contributed by atoms with E-state index >= 15 is 0 Å². The number of rotatable bonds is 4. The fraction of sp³-hybridized carbons (Fsp3) is 0.154. The maximum absolute atomic E-state index is 4.28. The fourth-order valence-electron chi connectivity index (χ4n) is 1.43. The van der Waals surface area contributed by atoms with Crippen LogP contribution in [0.25, 0.3) is 0 Å². The molecule has 0 fully saturated rings. The highest BCUT2D eigenvalue weighted by molar-refractivity contribution is 7.98. The van der Waals surface area contributed by atoms with Crippen molar-refractivity contribution in [3.8, 4) is 0 Å². The van der Waals surface area contributed by atoms with Gasteiger partial charge in [0.15, 0.2) is 0 Å². The Morgan fingerprint density at radius 2 is 1.94 bits per heavy atom. The molecule has 3 heteroatoms. The molecule has 2 nitrogen and oxygen atoms in total. The zero-order chi connectivity index (χ0) is 11.2. The SMILES string of the molecule is CNc1ncccc1SCc1ccccc1. The van der Waals surface area contributed by atoms with Gasteiger partial charge in [-0.05, 0) is 17.7 Å². The Kier molecular flexibility index (Phi) is 3.83. The summed E-state index contributed by atoms with van der Waals surface area (Å²) in [5.41, 5.74) is 1.33. The van der Waals surface area contributed by atoms with Gasteiger partial charge >= 0.3 is 0 Å². The van der Waals surface area contributed by atoms with Gasteiger partial charge in [0.1, 0.15) is 5.82 Å². The predicted octanol–water partition coefficient (Wildman–Crippen LogP) is 3.42. The van der Waals surface area contributed by atoms with E-state index in [9.17, 15) is 0 Å². The topological polar surface area (TPSA) is 24.9 Å². The van der Waals surface area contributed by atoms with Gasteiger partial charge in [0.05, 0.1) is 4.90 Å². The molecule has 0 aliphatic rings. The van der Waals surface area contributed by atoms with Crippen molar-refractivity contribution in [1.29, 1.82) is 0 Å². The van der Waals surface area contributed by atoms with Crippen LogP contribution in [-0.2, 0) is 5.75 Å². The molecular formula is C13H14N2S. The van der Waals surface area contributed by atoms with E-state index in [1.807, 2.05) is 19.2 Å². The van der Waals surface area contributed by atoms with Crippen LogP contribution in [0.5, 0.6) is 0 Å². The number of aromatic nitrogens is 1. The van der Waals surface area contributed by atoms with Gasteiger partial charge in [-0.2, -0.15) is 0 Å². The zero-order valence-corrected chi connectivity index (χ0v) is 10.00. The molecule has 16 heavy (non-hydrogen) atoms. The highest BCUT2D eigenvalue weighted by Crippen LogP contribution is 2.27. The quantitative estimate of drug-likeness (QED) is 0.815. The molecule has 0 atom stereocenters. The van der Waals surface area contributed by atoms with E-state index in [-0.39, 0.29) is 0 Å². The monoisotopic (exact) mass is 230 g/mol. The molecule has 0 amide bonds. The predicted molar refractivity (Wildman–Crippen MR) is 69.8 cm³/mol. The zero-order valence-electron chi connectivity index (χ0n) is 9.18. The summed E-state index contributed by atoms with van der Waals surface area (Å²) in [5.74, 6) is 1.92.